The molecule has 2 heterocycles. The molecule has 7 heteroatoms. The van der Waals surface area contributed by atoms with E-state index in [0.717, 1.165) is 11.3 Å². The van der Waals surface area contributed by atoms with Gasteiger partial charge in [-0.05, 0) is 42.6 Å². The van der Waals surface area contributed by atoms with Crippen LogP contribution in [0.15, 0.2) is 83.3 Å². The van der Waals surface area contributed by atoms with Gasteiger partial charge >= 0.3 is 0 Å². The largest absolute Gasteiger partial charge is 0.457 e. The molecule has 32 heavy (non-hydrogen) atoms. The van der Waals surface area contributed by atoms with Crippen LogP contribution in [0.4, 0.5) is 0 Å². The topological polar surface area (TPSA) is 65.8 Å². The van der Waals surface area contributed by atoms with E-state index in [2.05, 4.69) is 5.32 Å². The molecule has 1 aliphatic heterocycles. The molecule has 4 rings (SSSR count). The van der Waals surface area contributed by atoms with E-state index in [0.29, 0.717) is 42.6 Å². The molecular formula is C25H23N3O3S. The number of carbonyl (C=O) groups excluding carboxylic acids is 2. The smallest absolute Gasteiger partial charge is 0.253 e. The minimum absolute atomic E-state index is 0.0106. The summed E-state index contributed by atoms with van der Waals surface area (Å²) in [7, 11) is 0. The van der Waals surface area contributed by atoms with Gasteiger partial charge in [-0.25, -0.2) is 0 Å². The Hall–Kier alpha value is -3.71. The summed E-state index contributed by atoms with van der Waals surface area (Å²) in [5.74, 6) is 1.01. The molecule has 0 bridgehead atoms. The Bertz CT molecular complexity index is 1120. The number of hydrogen-bond donors (Lipinski definition) is 1. The molecule has 0 aliphatic carbocycles. The lowest BCUT2D eigenvalue weighted by Gasteiger charge is -2.36. The number of thiocarbonyl (C=S) groups is 1. The van der Waals surface area contributed by atoms with Gasteiger partial charge in [0.15, 0.2) is 5.11 Å². The SMILES string of the molecule is O=C(/C=C/c1ccc(-c2ccccc2)o1)NC(=S)N1CCN(C(=O)c2ccccc2)CC1. The van der Waals surface area contributed by atoms with E-state index in [4.69, 9.17) is 16.6 Å². The van der Waals surface area contributed by atoms with E-state index in [1.165, 1.54) is 6.08 Å². The molecule has 1 aliphatic rings. The second-order valence-corrected chi connectivity index (χ2v) is 7.73. The molecule has 0 spiro atoms. The zero-order chi connectivity index (χ0) is 22.3. The number of nitrogens with zero attached hydrogens (tertiary/aromatic N) is 2. The van der Waals surface area contributed by atoms with Gasteiger partial charge in [0.05, 0.1) is 0 Å². The quantitative estimate of drug-likeness (QED) is 0.489. The van der Waals surface area contributed by atoms with E-state index < -0.39 is 0 Å². The Labute approximate surface area is 192 Å². The van der Waals surface area contributed by atoms with Crippen LogP contribution in [0.1, 0.15) is 16.1 Å². The normalized spacial score (nSPS) is 13.9. The number of benzene rings is 2. The summed E-state index contributed by atoms with van der Waals surface area (Å²) in [4.78, 5) is 28.5. The van der Waals surface area contributed by atoms with Crippen molar-refractivity contribution >= 4 is 35.2 Å². The van der Waals surface area contributed by atoms with E-state index in [9.17, 15) is 9.59 Å². The predicted octanol–water partition coefficient (Wildman–Crippen LogP) is 3.82. The van der Waals surface area contributed by atoms with Crippen molar-refractivity contribution in [2.24, 2.45) is 0 Å². The summed E-state index contributed by atoms with van der Waals surface area (Å²) in [6, 6.07) is 22.7. The van der Waals surface area contributed by atoms with Crippen molar-refractivity contribution in [2.45, 2.75) is 0 Å². The summed E-state index contributed by atoms with van der Waals surface area (Å²) < 4.78 is 5.76. The predicted molar refractivity (Wildman–Crippen MR) is 128 cm³/mol. The molecule has 1 aromatic heterocycles. The van der Waals surface area contributed by atoms with Gasteiger partial charge in [-0.3, -0.25) is 14.9 Å². The zero-order valence-electron chi connectivity index (χ0n) is 17.4. The van der Waals surface area contributed by atoms with Crippen LogP contribution in [0, 0.1) is 0 Å². The first-order valence-electron chi connectivity index (χ1n) is 10.4. The highest BCUT2D eigenvalue weighted by Crippen LogP contribution is 2.22. The first-order chi connectivity index (χ1) is 15.6. The monoisotopic (exact) mass is 445 g/mol. The average molecular weight is 446 g/mol. The molecule has 6 nitrogen and oxygen atoms in total. The van der Waals surface area contributed by atoms with Gasteiger partial charge in [-0.2, -0.15) is 0 Å². The molecule has 3 aromatic rings. The lowest BCUT2D eigenvalue weighted by Crippen LogP contribution is -2.53. The summed E-state index contributed by atoms with van der Waals surface area (Å²) in [5, 5.41) is 3.08. The Morgan fingerprint density at radius 2 is 1.47 bits per heavy atom. The Morgan fingerprint density at radius 3 is 2.16 bits per heavy atom. The Morgan fingerprint density at radius 1 is 0.844 bits per heavy atom. The van der Waals surface area contributed by atoms with Gasteiger partial charge in [-0.15, -0.1) is 0 Å². The third kappa shape index (κ3) is 5.31. The van der Waals surface area contributed by atoms with Crippen LogP contribution < -0.4 is 5.32 Å². The van der Waals surface area contributed by atoms with Gasteiger partial charge in [0.1, 0.15) is 11.5 Å². The van der Waals surface area contributed by atoms with E-state index in [1.807, 2.05) is 77.7 Å². The molecule has 1 N–H and O–H groups in total. The zero-order valence-corrected chi connectivity index (χ0v) is 18.3. The summed E-state index contributed by atoms with van der Waals surface area (Å²) in [6.07, 6.45) is 3.01. The number of hydrogen-bond acceptors (Lipinski definition) is 4. The van der Waals surface area contributed by atoms with Crippen LogP contribution >= 0.6 is 12.2 Å². The first-order valence-corrected chi connectivity index (χ1v) is 10.8. The van der Waals surface area contributed by atoms with Crippen LogP contribution in [0.5, 0.6) is 0 Å². The number of amides is 2. The van der Waals surface area contributed by atoms with Crippen molar-refractivity contribution in [1.82, 2.24) is 15.1 Å². The molecular weight excluding hydrogens is 422 g/mol. The number of carbonyl (C=O) groups is 2. The molecule has 162 valence electrons. The van der Waals surface area contributed by atoms with Gasteiger partial charge in [0.2, 0.25) is 5.91 Å². The number of furan rings is 1. The number of nitrogens with one attached hydrogen (secondary N) is 1. The molecule has 0 radical (unpaired) electrons. The maximum Gasteiger partial charge on any atom is 0.253 e. The fraction of sp³-hybridized carbons (Fsp3) is 0.160. The van der Waals surface area contributed by atoms with Crippen LogP contribution in [0.2, 0.25) is 0 Å². The average Bonchev–Trinajstić information content (AvgIpc) is 3.33. The highest BCUT2D eigenvalue weighted by Gasteiger charge is 2.23. The van der Waals surface area contributed by atoms with E-state index in [-0.39, 0.29) is 11.8 Å². The van der Waals surface area contributed by atoms with Crippen molar-refractivity contribution < 1.29 is 14.0 Å². The summed E-state index contributed by atoms with van der Waals surface area (Å²) in [6.45, 7) is 2.24. The highest BCUT2D eigenvalue weighted by atomic mass is 32.1. The fourth-order valence-electron chi connectivity index (χ4n) is 3.46. The summed E-state index contributed by atoms with van der Waals surface area (Å²) in [5.41, 5.74) is 1.65. The second-order valence-electron chi connectivity index (χ2n) is 7.34. The minimum Gasteiger partial charge on any atom is -0.457 e. The van der Waals surface area contributed by atoms with Crippen LogP contribution in [0.3, 0.4) is 0 Å². The lowest BCUT2D eigenvalue weighted by molar-refractivity contribution is -0.115. The Kier molecular flexibility index (Phi) is 6.77. The second kappa shape index (κ2) is 10.1. The number of piperazine rings is 1. The lowest BCUT2D eigenvalue weighted by atomic mass is 10.2. The van der Waals surface area contributed by atoms with Gasteiger partial charge in [0, 0.05) is 43.4 Å². The fourth-order valence-corrected chi connectivity index (χ4v) is 3.74. The third-order valence-electron chi connectivity index (χ3n) is 5.19. The van der Waals surface area contributed by atoms with Crippen molar-refractivity contribution in [1.29, 1.82) is 0 Å². The first kappa shape index (κ1) is 21.5. The minimum atomic E-state index is -0.324. The molecule has 1 fully saturated rings. The van der Waals surface area contributed by atoms with Crippen LogP contribution in [0.25, 0.3) is 17.4 Å². The molecule has 2 amide bonds. The van der Waals surface area contributed by atoms with Crippen molar-refractivity contribution in [3.63, 3.8) is 0 Å². The van der Waals surface area contributed by atoms with Gasteiger partial charge in [-0.1, -0.05) is 48.5 Å². The highest BCUT2D eigenvalue weighted by molar-refractivity contribution is 7.80. The number of rotatable bonds is 4. The Balaban J connectivity index is 1.26. The molecule has 0 atom stereocenters. The summed E-state index contributed by atoms with van der Waals surface area (Å²) >= 11 is 5.38. The van der Waals surface area contributed by atoms with Crippen molar-refractivity contribution in [2.75, 3.05) is 26.2 Å². The standard InChI is InChI=1S/C25H23N3O3S/c29-23(14-12-21-11-13-22(31-21)19-7-3-1-4-8-19)26-25(32)28-17-15-27(16-18-28)24(30)20-9-5-2-6-10-20/h1-14H,15-18H2,(H,26,29,32)/b14-12+. The molecule has 0 unspecified atom stereocenters. The van der Waals surface area contributed by atoms with Gasteiger partial charge in [0.25, 0.3) is 5.91 Å². The van der Waals surface area contributed by atoms with Crippen molar-refractivity contribution in [3.05, 3.63) is 90.2 Å². The van der Waals surface area contributed by atoms with E-state index >= 15 is 0 Å². The molecule has 0 saturated carbocycles. The van der Waals surface area contributed by atoms with Crippen LogP contribution in [-0.2, 0) is 4.79 Å². The molecule has 2 aromatic carbocycles. The molecule has 1 saturated heterocycles. The maximum absolute atomic E-state index is 12.6. The third-order valence-corrected chi connectivity index (χ3v) is 5.55. The van der Waals surface area contributed by atoms with Crippen molar-refractivity contribution in [3.8, 4) is 11.3 Å². The van der Waals surface area contributed by atoms with Gasteiger partial charge < -0.3 is 14.2 Å². The van der Waals surface area contributed by atoms with Crippen LogP contribution in [-0.4, -0.2) is 52.9 Å². The maximum atomic E-state index is 12.6. The van der Waals surface area contributed by atoms with E-state index in [1.54, 1.807) is 11.0 Å².